The standard InChI is InChI=1S/C15H31NO3Si/c1-12(2)10-14(18)13(16-11-17)8-9-19-20(6,7)15(3,4)5/h11-13H,8-10H2,1-7H3,(H,16,17)/t13-/m0/s1. The van der Waals surface area contributed by atoms with E-state index in [-0.39, 0.29) is 10.8 Å². The van der Waals surface area contributed by atoms with Crippen LogP contribution in [0.15, 0.2) is 0 Å². The van der Waals surface area contributed by atoms with Gasteiger partial charge in [-0.3, -0.25) is 9.59 Å². The number of hydrogen-bond acceptors (Lipinski definition) is 3. The van der Waals surface area contributed by atoms with Crippen LogP contribution in [0.4, 0.5) is 0 Å². The molecule has 0 saturated carbocycles. The van der Waals surface area contributed by atoms with Crippen molar-refractivity contribution in [2.24, 2.45) is 5.92 Å². The van der Waals surface area contributed by atoms with Gasteiger partial charge in [0.15, 0.2) is 14.1 Å². The minimum absolute atomic E-state index is 0.0888. The molecule has 0 bridgehead atoms. The number of rotatable bonds is 9. The maximum Gasteiger partial charge on any atom is 0.207 e. The molecule has 0 spiro atoms. The molecule has 0 unspecified atom stereocenters. The molecule has 1 N–H and O–H groups in total. The van der Waals surface area contributed by atoms with E-state index in [4.69, 9.17) is 4.43 Å². The Balaban J connectivity index is 4.42. The first kappa shape index (κ1) is 19.3. The number of carbonyl (C=O) groups is 2. The molecule has 0 radical (unpaired) electrons. The van der Waals surface area contributed by atoms with E-state index in [1.807, 2.05) is 13.8 Å². The number of ketones is 1. The number of nitrogens with one attached hydrogen (secondary N) is 1. The number of hydrogen-bond donors (Lipinski definition) is 1. The minimum atomic E-state index is -1.79. The molecule has 0 aromatic rings. The second-order valence-electron chi connectivity index (χ2n) is 7.30. The maximum atomic E-state index is 12.0. The Morgan fingerprint density at radius 2 is 1.85 bits per heavy atom. The van der Waals surface area contributed by atoms with Crippen LogP contribution in [0.1, 0.15) is 47.5 Å². The van der Waals surface area contributed by atoms with Gasteiger partial charge in [0.2, 0.25) is 6.41 Å². The van der Waals surface area contributed by atoms with Crippen molar-refractivity contribution in [1.29, 1.82) is 0 Å². The lowest BCUT2D eigenvalue weighted by Crippen LogP contribution is -2.43. The van der Waals surface area contributed by atoms with Gasteiger partial charge in [0.05, 0.1) is 6.04 Å². The highest BCUT2D eigenvalue weighted by Gasteiger charge is 2.37. The van der Waals surface area contributed by atoms with Gasteiger partial charge in [-0.05, 0) is 30.5 Å². The monoisotopic (exact) mass is 301 g/mol. The molecule has 1 amide bonds. The zero-order valence-corrected chi connectivity index (χ0v) is 15.1. The Morgan fingerprint density at radius 3 is 2.25 bits per heavy atom. The van der Waals surface area contributed by atoms with E-state index < -0.39 is 14.4 Å². The molecule has 0 saturated heterocycles. The highest BCUT2D eigenvalue weighted by Crippen LogP contribution is 2.36. The van der Waals surface area contributed by atoms with Crippen LogP contribution in [-0.2, 0) is 14.0 Å². The molecule has 0 aromatic carbocycles. The quantitative estimate of drug-likeness (QED) is 0.526. The third-order valence-corrected chi connectivity index (χ3v) is 8.48. The molecule has 4 nitrogen and oxygen atoms in total. The van der Waals surface area contributed by atoms with E-state index in [1.54, 1.807) is 0 Å². The predicted octanol–water partition coefficient (Wildman–Crippen LogP) is 3.13. The summed E-state index contributed by atoms with van der Waals surface area (Å²) in [4.78, 5) is 22.7. The van der Waals surface area contributed by atoms with Crippen LogP contribution in [0, 0.1) is 5.92 Å². The van der Waals surface area contributed by atoms with Gasteiger partial charge in [0.1, 0.15) is 0 Å². The molecule has 5 heteroatoms. The highest BCUT2D eigenvalue weighted by atomic mass is 28.4. The number of Topliss-reactive ketones (excluding diaryl/α,β-unsaturated/α-hetero) is 1. The molecule has 0 aliphatic rings. The van der Waals surface area contributed by atoms with Crippen LogP contribution in [0.25, 0.3) is 0 Å². The molecular weight excluding hydrogens is 270 g/mol. The second-order valence-corrected chi connectivity index (χ2v) is 12.1. The van der Waals surface area contributed by atoms with E-state index in [9.17, 15) is 9.59 Å². The van der Waals surface area contributed by atoms with Crippen molar-refractivity contribution in [1.82, 2.24) is 5.32 Å². The first-order valence-electron chi connectivity index (χ1n) is 7.37. The molecule has 0 aliphatic carbocycles. The average Bonchev–Trinajstić information content (AvgIpc) is 2.25. The van der Waals surface area contributed by atoms with Gasteiger partial charge < -0.3 is 9.74 Å². The summed E-state index contributed by atoms with van der Waals surface area (Å²) in [6.45, 7) is 15.4. The molecule has 118 valence electrons. The second kappa shape index (κ2) is 7.93. The zero-order chi connectivity index (χ0) is 16.0. The first-order chi connectivity index (χ1) is 9.01. The topological polar surface area (TPSA) is 55.4 Å². The zero-order valence-electron chi connectivity index (χ0n) is 14.1. The normalized spacial score (nSPS) is 14.2. The fourth-order valence-corrected chi connectivity index (χ4v) is 2.67. The van der Waals surface area contributed by atoms with Crippen molar-refractivity contribution in [3.05, 3.63) is 0 Å². The van der Waals surface area contributed by atoms with Gasteiger partial charge in [-0.2, -0.15) is 0 Å². The van der Waals surface area contributed by atoms with Crippen molar-refractivity contribution in [2.75, 3.05) is 6.61 Å². The highest BCUT2D eigenvalue weighted by molar-refractivity contribution is 6.74. The fourth-order valence-electron chi connectivity index (χ4n) is 1.61. The Labute approximate surface area is 124 Å². The minimum Gasteiger partial charge on any atom is -0.417 e. The smallest absolute Gasteiger partial charge is 0.207 e. The van der Waals surface area contributed by atoms with E-state index >= 15 is 0 Å². The van der Waals surface area contributed by atoms with Crippen LogP contribution in [-0.4, -0.2) is 33.2 Å². The van der Waals surface area contributed by atoms with E-state index in [2.05, 4.69) is 39.2 Å². The molecule has 1 atom stereocenters. The van der Waals surface area contributed by atoms with Crippen molar-refractivity contribution in [3.8, 4) is 0 Å². The number of amides is 1. The van der Waals surface area contributed by atoms with Crippen molar-refractivity contribution >= 4 is 20.5 Å². The summed E-state index contributed by atoms with van der Waals surface area (Å²) < 4.78 is 6.06. The van der Waals surface area contributed by atoms with Gasteiger partial charge in [0, 0.05) is 13.0 Å². The van der Waals surface area contributed by atoms with Gasteiger partial charge in [-0.25, -0.2) is 0 Å². The van der Waals surface area contributed by atoms with E-state index in [0.717, 1.165) is 0 Å². The Kier molecular flexibility index (Phi) is 7.66. The van der Waals surface area contributed by atoms with Crippen molar-refractivity contribution in [2.45, 2.75) is 71.6 Å². The van der Waals surface area contributed by atoms with Gasteiger partial charge in [-0.1, -0.05) is 34.6 Å². The van der Waals surface area contributed by atoms with E-state index in [1.165, 1.54) is 0 Å². The molecule has 0 aliphatic heterocycles. The average molecular weight is 302 g/mol. The molecule has 0 rings (SSSR count). The number of carbonyl (C=O) groups excluding carboxylic acids is 2. The molecular formula is C15H31NO3Si. The Bertz CT molecular complexity index is 322. The summed E-state index contributed by atoms with van der Waals surface area (Å²) in [5.41, 5.74) is 0. The Hall–Kier alpha value is -0.683. The van der Waals surface area contributed by atoms with Crippen LogP contribution >= 0.6 is 0 Å². The van der Waals surface area contributed by atoms with Gasteiger partial charge in [0.25, 0.3) is 0 Å². The Morgan fingerprint density at radius 1 is 1.30 bits per heavy atom. The summed E-state index contributed by atoms with van der Waals surface area (Å²) >= 11 is 0. The molecule has 20 heavy (non-hydrogen) atoms. The summed E-state index contributed by atoms with van der Waals surface area (Å²) in [6, 6.07) is -0.417. The van der Waals surface area contributed by atoms with Crippen LogP contribution in [0.2, 0.25) is 18.1 Å². The van der Waals surface area contributed by atoms with Crippen molar-refractivity contribution < 1.29 is 14.0 Å². The van der Waals surface area contributed by atoms with Crippen molar-refractivity contribution in [3.63, 3.8) is 0 Å². The fraction of sp³-hybridized carbons (Fsp3) is 0.867. The van der Waals surface area contributed by atoms with Gasteiger partial charge in [-0.15, -0.1) is 0 Å². The molecule has 0 fully saturated rings. The predicted molar refractivity (Wildman–Crippen MR) is 85.2 cm³/mol. The lowest BCUT2D eigenvalue weighted by Gasteiger charge is -2.36. The third kappa shape index (κ3) is 6.66. The lowest BCUT2D eigenvalue weighted by molar-refractivity contribution is -0.124. The van der Waals surface area contributed by atoms with E-state index in [0.29, 0.717) is 31.8 Å². The maximum absolute atomic E-state index is 12.0. The first-order valence-corrected chi connectivity index (χ1v) is 10.3. The van der Waals surface area contributed by atoms with Crippen LogP contribution < -0.4 is 5.32 Å². The van der Waals surface area contributed by atoms with Crippen LogP contribution in [0.5, 0.6) is 0 Å². The summed E-state index contributed by atoms with van der Waals surface area (Å²) in [7, 11) is -1.79. The van der Waals surface area contributed by atoms with Crippen LogP contribution in [0.3, 0.4) is 0 Å². The lowest BCUT2D eigenvalue weighted by atomic mass is 10.0. The summed E-state index contributed by atoms with van der Waals surface area (Å²) in [5, 5.41) is 2.77. The van der Waals surface area contributed by atoms with Gasteiger partial charge >= 0.3 is 0 Å². The molecule has 0 aromatic heterocycles. The SMILES string of the molecule is CC(C)CC(=O)[C@H](CCO[Si](C)(C)C(C)(C)C)NC=O. The summed E-state index contributed by atoms with van der Waals surface area (Å²) in [6.07, 6.45) is 1.65. The third-order valence-electron chi connectivity index (χ3n) is 3.94. The largest absolute Gasteiger partial charge is 0.417 e. The summed E-state index contributed by atoms with van der Waals surface area (Å²) in [5.74, 6) is 0.394. The molecule has 0 heterocycles.